The largest absolute Gasteiger partial charge is 0.344 e. The number of ketones is 1. The minimum atomic E-state index is -0.400. The van der Waals surface area contributed by atoms with Crippen molar-refractivity contribution < 1.29 is 4.79 Å². The quantitative estimate of drug-likeness (QED) is 0.847. The highest BCUT2D eigenvalue weighted by Gasteiger charge is 2.39. The third kappa shape index (κ3) is 2.26. The Kier molecular flexibility index (Phi) is 3.57. The standard InChI is InChI=1S/C18H19N3O3S/c1-9-7-8-12(25-9)14-13-10(5-4-6-11(13)22)19-16-15(14)17(23)21(3)18(24)20(16)2/h7-8,14,19H,4-6H2,1-3H3. The average molecular weight is 357 g/mol. The molecular formula is C18H19N3O3S. The molecule has 25 heavy (non-hydrogen) atoms. The number of rotatable bonds is 1. The Bertz CT molecular complexity index is 1050. The van der Waals surface area contributed by atoms with Gasteiger partial charge >= 0.3 is 5.69 Å². The Morgan fingerprint density at radius 3 is 2.56 bits per heavy atom. The van der Waals surface area contributed by atoms with Crippen LogP contribution in [-0.4, -0.2) is 14.9 Å². The molecule has 1 N–H and O–H groups in total. The van der Waals surface area contributed by atoms with E-state index in [2.05, 4.69) is 5.32 Å². The van der Waals surface area contributed by atoms with Gasteiger partial charge in [-0.1, -0.05) is 0 Å². The van der Waals surface area contributed by atoms with Crippen LogP contribution in [0.4, 0.5) is 5.82 Å². The van der Waals surface area contributed by atoms with Gasteiger partial charge in [0.05, 0.1) is 11.5 Å². The van der Waals surface area contributed by atoms with Gasteiger partial charge in [-0.2, -0.15) is 0 Å². The van der Waals surface area contributed by atoms with Crippen LogP contribution in [0.1, 0.15) is 40.5 Å². The minimum absolute atomic E-state index is 0.0892. The molecule has 2 aliphatic rings. The predicted octanol–water partition coefficient (Wildman–Crippen LogP) is 2.02. The van der Waals surface area contributed by atoms with E-state index in [1.807, 2.05) is 19.1 Å². The van der Waals surface area contributed by atoms with E-state index in [1.165, 1.54) is 11.6 Å². The molecule has 1 aliphatic carbocycles. The van der Waals surface area contributed by atoms with E-state index in [1.54, 1.807) is 18.4 Å². The molecule has 0 spiro atoms. The fourth-order valence-electron chi connectivity index (χ4n) is 3.79. The van der Waals surface area contributed by atoms with E-state index >= 15 is 0 Å². The fourth-order valence-corrected chi connectivity index (χ4v) is 4.79. The Morgan fingerprint density at radius 2 is 1.88 bits per heavy atom. The summed E-state index contributed by atoms with van der Waals surface area (Å²) < 4.78 is 2.58. The summed E-state index contributed by atoms with van der Waals surface area (Å²) in [7, 11) is 3.13. The van der Waals surface area contributed by atoms with Crippen LogP contribution in [0.5, 0.6) is 0 Å². The molecule has 6 nitrogen and oxygen atoms in total. The van der Waals surface area contributed by atoms with Crippen LogP contribution in [0, 0.1) is 6.92 Å². The van der Waals surface area contributed by atoms with E-state index in [0.717, 1.165) is 32.9 Å². The van der Waals surface area contributed by atoms with Crippen molar-refractivity contribution in [2.75, 3.05) is 5.32 Å². The fraction of sp³-hybridized carbons (Fsp3) is 0.389. The average Bonchev–Trinajstić information content (AvgIpc) is 3.02. The van der Waals surface area contributed by atoms with Crippen LogP contribution in [0.15, 0.2) is 33.0 Å². The molecule has 4 rings (SSSR count). The van der Waals surface area contributed by atoms with Gasteiger partial charge in [0.1, 0.15) is 5.82 Å². The number of thiophene rings is 1. The number of hydrogen-bond donors (Lipinski definition) is 1. The first-order valence-corrected chi connectivity index (χ1v) is 9.11. The number of Topliss-reactive ketones (excluding diaryl/α,β-unsaturated/α-hetero) is 1. The summed E-state index contributed by atoms with van der Waals surface area (Å²) >= 11 is 1.59. The summed E-state index contributed by atoms with van der Waals surface area (Å²) in [5.41, 5.74) is 1.31. The van der Waals surface area contributed by atoms with Crippen LogP contribution in [0.2, 0.25) is 0 Å². The highest BCUT2D eigenvalue weighted by Crippen LogP contribution is 2.45. The highest BCUT2D eigenvalue weighted by atomic mass is 32.1. The zero-order valence-electron chi connectivity index (χ0n) is 14.4. The highest BCUT2D eigenvalue weighted by molar-refractivity contribution is 7.12. The molecule has 0 fully saturated rings. The second kappa shape index (κ2) is 5.56. The molecule has 2 aromatic heterocycles. The third-order valence-electron chi connectivity index (χ3n) is 5.05. The number of carbonyl (C=O) groups is 1. The molecule has 7 heteroatoms. The molecule has 0 bridgehead atoms. The van der Waals surface area contributed by atoms with Crippen LogP contribution in [0.3, 0.4) is 0 Å². The van der Waals surface area contributed by atoms with Crippen LogP contribution < -0.4 is 16.6 Å². The third-order valence-corrected chi connectivity index (χ3v) is 6.11. The second-order valence-corrected chi connectivity index (χ2v) is 7.96. The first-order chi connectivity index (χ1) is 11.9. The molecule has 1 aliphatic heterocycles. The van der Waals surface area contributed by atoms with Gasteiger partial charge in [-0.3, -0.25) is 18.7 Å². The lowest BCUT2D eigenvalue weighted by atomic mass is 9.79. The van der Waals surface area contributed by atoms with Gasteiger partial charge in [-0.25, -0.2) is 4.79 Å². The Labute approximate surface area is 148 Å². The maximum Gasteiger partial charge on any atom is 0.332 e. The van der Waals surface area contributed by atoms with Gasteiger partial charge in [-0.15, -0.1) is 11.3 Å². The van der Waals surface area contributed by atoms with E-state index in [-0.39, 0.29) is 17.0 Å². The van der Waals surface area contributed by atoms with Crippen molar-refractivity contribution in [2.45, 2.75) is 32.1 Å². The maximum atomic E-state index is 12.9. The number of allylic oxidation sites excluding steroid dienone is 2. The Hall–Kier alpha value is -2.41. The number of nitrogens with one attached hydrogen (secondary N) is 1. The van der Waals surface area contributed by atoms with Crippen molar-refractivity contribution in [3.8, 4) is 0 Å². The van der Waals surface area contributed by atoms with Gasteiger partial charge in [-0.05, 0) is 31.9 Å². The van der Waals surface area contributed by atoms with E-state index in [9.17, 15) is 14.4 Å². The smallest absolute Gasteiger partial charge is 0.332 e. The van der Waals surface area contributed by atoms with Gasteiger partial charge < -0.3 is 5.32 Å². The van der Waals surface area contributed by atoms with Gasteiger partial charge in [0.2, 0.25) is 0 Å². The number of hydrogen-bond acceptors (Lipinski definition) is 5. The van der Waals surface area contributed by atoms with Crippen LogP contribution in [0.25, 0.3) is 0 Å². The summed E-state index contributed by atoms with van der Waals surface area (Å²) in [4.78, 5) is 40.1. The van der Waals surface area contributed by atoms with Crippen molar-refractivity contribution in [3.63, 3.8) is 0 Å². The van der Waals surface area contributed by atoms with E-state index in [4.69, 9.17) is 0 Å². The van der Waals surface area contributed by atoms with Crippen LogP contribution >= 0.6 is 11.3 Å². The van der Waals surface area contributed by atoms with Crippen molar-refractivity contribution in [1.82, 2.24) is 9.13 Å². The topological polar surface area (TPSA) is 73.1 Å². The summed E-state index contributed by atoms with van der Waals surface area (Å²) in [6, 6.07) is 3.98. The molecular weight excluding hydrogens is 338 g/mol. The van der Waals surface area contributed by atoms with E-state index < -0.39 is 5.92 Å². The monoisotopic (exact) mass is 357 g/mol. The first kappa shape index (κ1) is 16.1. The first-order valence-electron chi connectivity index (χ1n) is 8.29. The SMILES string of the molecule is Cc1ccc(C2C3=C(CCCC3=O)Nc3c2c(=O)n(C)c(=O)n3C)s1. The zero-order valence-corrected chi connectivity index (χ0v) is 15.2. The lowest BCUT2D eigenvalue weighted by Crippen LogP contribution is -2.43. The molecule has 0 radical (unpaired) electrons. The zero-order chi connectivity index (χ0) is 17.9. The number of nitrogens with zero attached hydrogens (tertiary/aromatic N) is 2. The number of carbonyl (C=O) groups excluding carboxylic acids is 1. The van der Waals surface area contributed by atoms with Crippen molar-refractivity contribution >= 4 is 22.9 Å². The molecule has 1 unspecified atom stereocenters. The van der Waals surface area contributed by atoms with Crippen molar-refractivity contribution in [1.29, 1.82) is 0 Å². The predicted molar refractivity (Wildman–Crippen MR) is 97.3 cm³/mol. The number of aryl methyl sites for hydroxylation is 1. The number of fused-ring (bicyclic) bond motifs is 1. The van der Waals surface area contributed by atoms with Crippen molar-refractivity contribution in [3.05, 3.63) is 59.6 Å². The Morgan fingerprint density at radius 1 is 1.12 bits per heavy atom. The summed E-state index contributed by atoms with van der Waals surface area (Å²) in [5.74, 6) is 0.201. The number of anilines is 1. The summed E-state index contributed by atoms with van der Waals surface area (Å²) in [5, 5.41) is 3.23. The molecule has 2 aromatic rings. The van der Waals surface area contributed by atoms with Crippen molar-refractivity contribution in [2.24, 2.45) is 14.1 Å². The van der Waals surface area contributed by atoms with Crippen LogP contribution in [-0.2, 0) is 18.9 Å². The van der Waals surface area contributed by atoms with Gasteiger partial charge in [0, 0.05) is 41.5 Å². The molecule has 0 aromatic carbocycles. The summed E-state index contributed by atoms with van der Waals surface area (Å²) in [6.45, 7) is 2.01. The normalized spacial score (nSPS) is 19.5. The number of aromatic nitrogens is 2. The molecule has 0 amide bonds. The second-order valence-electron chi connectivity index (χ2n) is 6.64. The molecule has 0 saturated heterocycles. The lowest BCUT2D eigenvalue weighted by Gasteiger charge is -2.33. The Balaban J connectivity index is 2.09. The van der Waals surface area contributed by atoms with Gasteiger partial charge in [0.15, 0.2) is 5.78 Å². The maximum absolute atomic E-state index is 12.9. The van der Waals surface area contributed by atoms with E-state index in [0.29, 0.717) is 23.4 Å². The molecule has 3 heterocycles. The molecule has 130 valence electrons. The molecule has 0 saturated carbocycles. The molecule has 1 atom stereocenters. The minimum Gasteiger partial charge on any atom is -0.344 e. The summed E-state index contributed by atoms with van der Waals surface area (Å²) in [6.07, 6.45) is 2.04. The van der Waals surface area contributed by atoms with Gasteiger partial charge in [0.25, 0.3) is 5.56 Å². The lowest BCUT2D eigenvalue weighted by molar-refractivity contribution is -0.116.